The number of halogens is 3. The first kappa shape index (κ1) is 43.3. The van der Waals surface area contributed by atoms with Gasteiger partial charge in [-0.2, -0.15) is 13.2 Å². The molecule has 0 bridgehead atoms. The molecule has 62 heavy (non-hydrogen) atoms. The summed E-state index contributed by atoms with van der Waals surface area (Å²) in [6, 6.07) is 23.9. The van der Waals surface area contributed by atoms with Crippen LogP contribution in [-0.2, 0) is 33.7 Å². The van der Waals surface area contributed by atoms with E-state index in [1.54, 1.807) is 36.7 Å². The Hall–Kier alpha value is -5.40. The summed E-state index contributed by atoms with van der Waals surface area (Å²) in [6.45, 7) is 4.09. The Morgan fingerprint density at radius 3 is 2.53 bits per heavy atom. The molecule has 0 radical (unpaired) electrons. The molecular formula is C44H42F3N7O5S3. The monoisotopic (exact) mass is 901 g/mol. The van der Waals surface area contributed by atoms with E-state index in [-0.39, 0.29) is 29.9 Å². The van der Waals surface area contributed by atoms with Crippen LogP contribution in [-0.4, -0.2) is 96.9 Å². The summed E-state index contributed by atoms with van der Waals surface area (Å²) in [6.07, 6.45) is -0.461. The number of nitrogens with zero attached hydrogens (tertiary/aromatic N) is 5. The number of ketones is 1. The van der Waals surface area contributed by atoms with Crippen molar-refractivity contribution < 1.29 is 35.9 Å². The molecule has 3 aromatic heterocycles. The van der Waals surface area contributed by atoms with Crippen molar-refractivity contribution in [2.24, 2.45) is 0 Å². The van der Waals surface area contributed by atoms with E-state index in [1.807, 2.05) is 47.4 Å². The van der Waals surface area contributed by atoms with Crippen LogP contribution in [0.3, 0.4) is 0 Å². The van der Waals surface area contributed by atoms with Crippen molar-refractivity contribution in [3.8, 4) is 0 Å². The summed E-state index contributed by atoms with van der Waals surface area (Å²) in [4.78, 5) is 44.6. The van der Waals surface area contributed by atoms with E-state index >= 15 is 0 Å². The molecule has 1 saturated heterocycles. The molecule has 0 saturated carbocycles. The highest BCUT2D eigenvalue weighted by molar-refractivity contribution is 7.99. The highest BCUT2D eigenvalue weighted by Gasteiger charge is 2.36. The summed E-state index contributed by atoms with van der Waals surface area (Å²) in [5, 5.41) is 6.41. The number of anilines is 3. The lowest BCUT2D eigenvalue weighted by Gasteiger charge is -2.31. The maximum Gasteiger partial charge on any atom is 0.418 e. The summed E-state index contributed by atoms with van der Waals surface area (Å²) in [5.41, 5.74) is 1.41. The number of Topliss-reactive ketones (excluding diaryl/α,β-unsaturated/α-hetero) is 1. The molecule has 1 fully saturated rings. The van der Waals surface area contributed by atoms with Gasteiger partial charge in [0.2, 0.25) is 0 Å². The van der Waals surface area contributed by atoms with Crippen molar-refractivity contribution in [3.63, 3.8) is 0 Å². The van der Waals surface area contributed by atoms with Gasteiger partial charge in [-0.3, -0.25) is 24.8 Å². The molecule has 6 aromatic rings. The SMILES string of the molecule is O=C(CS(=O)(=O)c1ccc(N[C@H](CCN2CCOCC2)CSc2ccccc2)c(C(F)(F)F)c1)c1cccc(N2CCc3cccc(C(=O)Nc4nc5ccncc5s4)c3C2)n1. The fourth-order valence-corrected chi connectivity index (χ4v) is 10.5. The first-order valence-electron chi connectivity index (χ1n) is 20.0. The fourth-order valence-electron chi connectivity index (χ4n) is 7.44. The third kappa shape index (κ3) is 10.4. The summed E-state index contributed by atoms with van der Waals surface area (Å²) in [5.74, 6) is -1.43. The Labute approximate surface area is 364 Å². The van der Waals surface area contributed by atoms with Crippen LogP contribution >= 0.6 is 23.1 Å². The van der Waals surface area contributed by atoms with E-state index in [9.17, 15) is 31.2 Å². The fraction of sp³-hybridized carbons (Fsp3) is 0.295. The zero-order valence-electron chi connectivity index (χ0n) is 33.3. The van der Waals surface area contributed by atoms with E-state index in [2.05, 4.69) is 30.5 Å². The predicted octanol–water partition coefficient (Wildman–Crippen LogP) is 7.87. The molecule has 3 aromatic carbocycles. The van der Waals surface area contributed by atoms with Crippen LogP contribution in [0.4, 0.5) is 29.8 Å². The number of amides is 1. The van der Waals surface area contributed by atoms with Crippen molar-refractivity contribution in [3.05, 3.63) is 131 Å². The smallest absolute Gasteiger partial charge is 0.381 e. The van der Waals surface area contributed by atoms with Gasteiger partial charge in [0.1, 0.15) is 17.3 Å². The maximum atomic E-state index is 14.7. The standard InChI is InChI=1S/C44H42F3N7O5S3/c45-44(46,47)35-24-32(12-13-36(35)49-30(16-18-53-20-22-59-23-21-53)27-60-31-7-2-1-3-8-31)62(57,58)28-39(55)37-10-5-11-41(50-37)54-19-15-29-6-4-9-33(34(29)26-54)42(56)52-43-51-38-14-17-48-25-40(38)61-43/h1-14,17,24-25,30,49H,15-16,18-23,26-28H2,(H,51,52,56)/t30-/m1/s1. The quantitative estimate of drug-likeness (QED) is 0.0764. The topological polar surface area (TPSA) is 147 Å². The molecule has 322 valence electrons. The number of rotatable bonds is 15. The Bertz CT molecular complexity index is 2650. The van der Waals surface area contributed by atoms with Gasteiger partial charge in [-0.05, 0) is 78.6 Å². The van der Waals surface area contributed by atoms with Crippen LogP contribution in [0.5, 0.6) is 0 Å². The van der Waals surface area contributed by atoms with Crippen LogP contribution in [0.15, 0.2) is 113 Å². The highest BCUT2D eigenvalue weighted by atomic mass is 32.2. The largest absolute Gasteiger partial charge is 0.418 e. The van der Waals surface area contributed by atoms with E-state index in [0.717, 1.165) is 51.5 Å². The first-order chi connectivity index (χ1) is 29.9. The van der Waals surface area contributed by atoms with Gasteiger partial charge in [0.15, 0.2) is 20.8 Å². The van der Waals surface area contributed by atoms with Crippen molar-refractivity contribution >= 4 is 71.5 Å². The second kappa shape index (κ2) is 18.9. The Morgan fingerprint density at radius 1 is 0.935 bits per heavy atom. The number of alkyl halides is 3. The number of pyridine rings is 2. The molecule has 1 atom stereocenters. The third-order valence-corrected chi connectivity index (χ3v) is 14.4. The number of carbonyl (C=O) groups is 2. The van der Waals surface area contributed by atoms with Crippen molar-refractivity contribution in [2.75, 3.05) is 66.4 Å². The van der Waals surface area contributed by atoms with Crippen LogP contribution < -0.4 is 15.5 Å². The third-order valence-electron chi connectivity index (χ3n) is 10.7. The number of morpholine rings is 1. The van der Waals surface area contributed by atoms with E-state index < -0.39 is 38.0 Å². The highest BCUT2D eigenvalue weighted by Crippen LogP contribution is 2.38. The molecule has 0 aliphatic carbocycles. The number of aromatic nitrogens is 3. The average molecular weight is 902 g/mol. The van der Waals surface area contributed by atoms with Crippen molar-refractivity contribution in [1.29, 1.82) is 0 Å². The second-order valence-electron chi connectivity index (χ2n) is 14.9. The number of ether oxygens (including phenoxy) is 1. The lowest BCUT2D eigenvalue weighted by molar-refractivity contribution is -0.137. The number of thioether (sulfide) groups is 1. The molecule has 5 heterocycles. The number of hydrogen-bond acceptors (Lipinski definition) is 13. The molecular weight excluding hydrogens is 860 g/mol. The number of sulfone groups is 1. The molecule has 18 heteroatoms. The number of carbonyl (C=O) groups excluding carboxylic acids is 2. The van der Waals surface area contributed by atoms with Gasteiger partial charge in [-0.25, -0.2) is 18.4 Å². The minimum Gasteiger partial charge on any atom is -0.381 e. The molecule has 2 N–H and O–H groups in total. The molecule has 0 unspecified atom stereocenters. The number of hydrogen-bond donors (Lipinski definition) is 2. The van der Waals surface area contributed by atoms with Gasteiger partial charge in [0.05, 0.1) is 33.9 Å². The zero-order valence-corrected chi connectivity index (χ0v) is 35.8. The van der Waals surface area contributed by atoms with Crippen LogP contribution in [0, 0.1) is 0 Å². The number of nitrogens with one attached hydrogen (secondary N) is 2. The summed E-state index contributed by atoms with van der Waals surface area (Å²) < 4.78 is 77.6. The van der Waals surface area contributed by atoms with Crippen molar-refractivity contribution in [2.45, 2.75) is 41.4 Å². The Balaban J connectivity index is 0.963. The Kier molecular flexibility index (Phi) is 13.2. The molecule has 8 rings (SSSR count). The minimum absolute atomic E-state index is 0.151. The number of benzene rings is 3. The van der Waals surface area contributed by atoms with Gasteiger partial charge in [0, 0.05) is 73.1 Å². The average Bonchev–Trinajstić information content (AvgIpc) is 3.69. The molecule has 1 amide bonds. The van der Waals surface area contributed by atoms with Crippen molar-refractivity contribution in [1.82, 2.24) is 19.9 Å². The van der Waals surface area contributed by atoms with Gasteiger partial charge in [-0.1, -0.05) is 47.7 Å². The maximum absolute atomic E-state index is 14.7. The normalized spacial score (nSPS) is 15.2. The van der Waals surface area contributed by atoms with E-state index in [4.69, 9.17) is 4.74 Å². The second-order valence-corrected chi connectivity index (χ2v) is 19.0. The van der Waals surface area contributed by atoms with Gasteiger partial charge in [0.25, 0.3) is 5.91 Å². The zero-order chi connectivity index (χ0) is 43.3. The molecule has 0 spiro atoms. The first-order valence-corrected chi connectivity index (χ1v) is 23.4. The van der Waals surface area contributed by atoms with Gasteiger partial charge in [-0.15, -0.1) is 11.8 Å². The van der Waals surface area contributed by atoms with Gasteiger partial charge < -0.3 is 15.0 Å². The predicted molar refractivity (Wildman–Crippen MR) is 235 cm³/mol. The molecule has 2 aliphatic rings. The van der Waals surface area contributed by atoms with Crippen LogP contribution in [0.1, 0.15) is 44.0 Å². The summed E-state index contributed by atoms with van der Waals surface area (Å²) in [7, 11) is -4.54. The molecule has 2 aliphatic heterocycles. The lowest BCUT2D eigenvalue weighted by Crippen LogP contribution is -2.39. The number of fused-ring (bicyclic) bond motifs is 2. The number of thiazole rings is 1. The van der Waals surface area contributed by atoms with Crippen LogP contribution in [0.2, 0.25) is 0 Å². The van der Waals surface area contributed by atoms with Crippen LogP contribution in [0.25, 0.3) is 10.2 Å². The molecule has 12 nitrogen and oxygen atoms in total. The van der Waals surface area contributed by atoms with Gasteiger partial charge >= 0.3 is 6.18 Å². The summed E-state index contributed by atoms with van der Waals surface area (Å²) >= 11 is 2.83. The Morgan fingerprint density at radius 2 is 1.74 bits per heavy atom. The van der Waals surface area contributed by atoms with E-state index in [0.29, 0.717) is 67.5 Å². The minimum atomic E-state index is -4.89. The van der Waals surface area contributed by atoms with E-state index in [1.165, 1.54) is 29.2 Å². The lowest BCUT2D eigenvalue weighted by atomic mass is 9.94.